The van der Waals surface area contributed by atoms with Crippen LogP contribution in [0, 0.1) is 0 Å². The van der Waals surface area contributed by atoms with E-state index in [-0.39, 0.29) is 11.5 Å². The molecule has 9 nitrogen and oxygen atoms in total. The van der Waals surface area contributed by atoms with Gasteiger partial charge >= 0.3 is 0 Å². The first-order valence-corrected chi connectivity index (χ1v) is 10.6. The lowest BCUT2D eigenvalue weighted by atomic mass is 9.99. The molecule has 4 N–H and O–H groups in total. The first-order valence-electron chi connectivity index (χ1n) is 10.2. The Kier molecular flexibility index (Phi) is 6.62. The fourth-order valence-electron chi connectivity index (χ4n) is 3.94. The maximum atomic E-state index is 12.3. The molecule has 0 aliphatic carbocycles. The molecule has 33 heavy (non-hydrogen) atoms. The van der Waals surface area contributed by atoms with Crippen molar-refractivity contribution in [3.05, 3.63) is 53.2 Å². The number of halogens is 1. The van der Waals surface area contributed by atoms with Crippen molar-refractivity contribution in [3.63, 3.8) is 0 Å². The summed E-state index contributed by atoms with van der Waals surface area (Å²) in [6, 6.07) is 10.1. The van der Waals surface area contributed by atoms with Gasteiger partial charge in [0, 0.05) is 22.0 Å². The van der Waals surface area contributed by atoms with Crippen LogP contribution in [0.5, 0.6) is 11.5 Å². The summed E-state index contributed by atoms with van der Waals surface area (Å²) in [5.41, 5.74) is 1.55. The van der Waals surface area contributed by atoms with Gasteiger partial charge in [-0.25, -0.2) is 0 Å². The molecular weight excluding hydrogens is 454 g/mol. The average molecular weight is 478 g/mol. The summed E-state index contributed by atoms with van der Waals surface area (Å²) in [7, 11) is 1.52. The topological polar surface area (TPSA) is 131 Å². The number of Topliss-reactive ketones (excluding diaryl/α,β-unsaturated/α-hetero) is 1. The molecule has 1 aromatic heterocycles. The van der Waals surface area contributed by atoms with Crippen LogP contribution in [0.25, 0.3) is 16.6 Å². The number of aromatic nitrogens is 1. The van der Waals surface area contributed by atoms with E-state index in [2.05, 4.69) is 0 Å². The number of aliphatic hydroxyl groups excluding tert-OH is 4. The highest BCUT2D eigenvalue weighted by Gasteiger charge is 2.45. The Balaban J connectivity index is 1.83. The molecule has 1 saturated heterocycles. The quantitative estimate of drug-likeness (QED) is 0.394. The molecule has 176 valence electrons. The Hall–Kier alpha value is -2.66. The number of benzene rings is 2. The van der Waals surface area contributed by atoms with Crippen LogP contribution >= 0.6 is 11.6 Å². The Labute approximate surface area is 194 Å². The zero-order valence-corrected chi connectivity index (χ0v) is 18.6. The van der Waals surface area contributed by atoms with Gasteiger partial charge in [0.15, 0.2) is 18.2 Å². The summed E-state index contributed by atoms with van der Waals surface area (Å²) in [4.78, 5) is 12.3. The largest absolute Gasteiger partial charge is 0.497 e. The predicted octanol–water partition coefficient (Wildman–Crippen LogP) is 1.67. The number of ether oxygens (including phenoxy) is 3. The van der Waals surface area contributed by atoms with E-state index in [9.17, 15) is 25.2 Å². The number of nitrogens with zero attached hydrogens (tertiary/aromatic N) is 1. The molecule has 1 fully saturated rings. The second-order valence-electron chi connectivity index (χ2n) is 7.78. The molecule has 0 saturated carbocycles. The van der Waals surface area contributed by atoms with E-state index in [1.165, 1.54) is 14.0 Å². The third-order valence-electron chi connectivity index (χ3n) is 5.68. The number of ketones is 1. The Bertz CT molecular complexity index is 1180. The second kappa shape index (κ2) is 9.30. The second-order valence-corrected chi connectivity index (χ2v) is 8.21. The van der Waals surface area contributed by atoms with Gasteiger partial charge in [-0.3, -0.25) is 4.79 Å². The van der Waals surface area contributed by atoms with Crippen LogP contribution in [0.2, 0.25) is 5.02 Å². The van der Waals surface area contributed by atoms with E-state index < -0.39 is 37.3 Å². The highest BCUT2D eigenvalue weighted by atomic mass is 35.5. The summed E-state index contributed by atoms with van der Waals surface area (Å²) < 4.78 is 18.1. The number of fused-ring (bicyclic) bond motifs is 1. The molecule has 1 aliphatic heterocycles. The molecule has 1 aliphatic rings. The molecule has 0 unspecified atom stereocenters. The van der Waals surface area contributed by atoms with E-state index in [1.54, 1.807) is 47.2 Å². The molecule has 5 atom stereocenters. The minimum atomic E-state index is -1.60. The normalized spacial score (nSPS) is 25.2. The standard InChI is InChI=1S/C23H24ClNO8/c1-11(27)14-6-4-13(31-2)8-17(14)25-9-18(15-5-3-12(24)7-16(15)25)32-22-21(29)20(28)19(10-26)33-23(22)30/h3-9,19-23,26,28-30H,10H2,1-2H3/t19-,20+,21+,22-,23-/m1/s1. The smallest absolute Gasteiger partial charge is 0.195 e. The third kappa shape index (κ3) is 4.31. The first-order chi connectivity index (χ1) is 15.7. The van der Waals surface area contributed by atoms with Gasteiger partial charge in [-0.1, -0.05) is 11.6 Å². The average Bonchev–Trinajstić information content (AvgIpc) is 3.15. The van der Waals surface area contributed by atoms with Crippen LogP contribution in [0.4, 0.5) is 0 Å². The maximum absolute atomic E-state index is 12.3. The lowest BCUT2D eigenvalue weighted by molar-refractivity contribution is -0.280. The molecule has 10 heteroatoms. The van der Waals surface area contributed by atoms with E-state index in [0.29, 0.717) is 32.9 Å². The number of carbonyl (C=O) groups excluding carboxylic acids is 1. The summed E-state index contributed by atoms with van der Waals surface area (Å²) >= 11 is 6.24. The van der Waals surface area contributed by atoms with Crippen molar-refractivity contribution in [3.8, 4) is 17.2 Å². The number of methoxy groups -OCH3 is 1. The molecule has 0 bridgehead atoms. The highest BCUT2D eigenvalue weighted by Crippen LogP contribution is 2.36. The van der Waals surface area contributed by atoms with Crippen molar-refractivity contribution in [1.29, 1.82) is 0 Å². The van der Waals surface area contributed by atoms with E-state index >= 15 is 0 Å². The van der Waals surface area contributed by atoms with Gasteiger partial charge in [0.25, 0.3) is 0 Å². The molecule has 0 amide bonds. The molecule has 2 heterocycles. The van der Waals surface area contributed by atoms with Gasteiger partial charge in [0.05, 0.1) is 31.1 Å². The summed E-state index contributed by atoms with van der Waals surface area (Å²) in [6.07, 6.45) is -5.49. The maximum Gasteiger partial charge on any atom is 0.195 e. The Morgan fingerprint density at radius 3 is 2.58 bits per heavy atom. The number of carbonyl (C=O) groups is 1. The van der Waals surface area contributed by atoms with Crippen LogP contribution in [0.15, 0.2) is 42.6 Å². The molecule has 4 rings (SSSR count). The minimum Gasteiger partial charge on any atom is -0.497 e. The van der Waals surface area contributed by atoms with E-state index in [0.717, 1.165) is 0 Å². The molecule has 3 aromatic rings. The number of aliphatic hydroxyl groups is 4. The summed E-state index contributed by atoms with van der Waals surface area (Å²) in [5.74, 6) is 0.620. The molecule has 0 spiro atoms. The Morgan fingerprint density at radius 2 is 1.91 bits per heavy atom. The van der Waals surface area contributed by atoms with Crippen LogP contribution in [0.1, 0.15) is 17.3 Å². The van der Waals surface area contributed by atoms with E-state index in [1.807, 2.05) is 0 Å². The van der Waals surface area contributed by atoms with E-state index in [4.69, 9.17) is 25.8 Å². The molecule has 0 radical (unpaired) electrons. The number of rotatable bonds is 6. The van der Waals surface area contributed by atoms with Crippen molar-refractivity contribution < 1.29 is 39.4 Å². The van der Waals surface area contributed by atoms with Crippen molar-refractivity contribution in [2.24, 2.45) is 0 Å². The first kappa shape index (κ1) is 23.5. The van der Waals surface area contributed by atoms with Gasteiger partial charge in [-0.2, -0.15) is 0 Å². The monoisotopic (exact) mass is 477 g/mol. The SMILES string of the molecule is COc1ccc(C(C)=O)c(-n2cc(O[C@@H]3[C@@H](O)[C@@H](O)[C@@H](CO)O[C@H]3O)c3ccc(Cl)cc32)c1. The fraction of sp³-hybridized carbons (Fsp3) is 0.348. The molecular formula is C23H24ClNO8. The van der Waals surface area contributed by atoms with Gasteiger partial charge in [-0.15, -0.1) is 0 Å². The van der Waals surface area contributed by atoms with Crippen LogP contribution in [0.3, 0.4) is 0 Å². The fourth-order valence-corrected chi connectivity index (χ4v) is 4.11. The number of hydrogen-bond donors (Lipinski definition) is 4. The number of hydrogen-bond acceptors (Lipinski definition) is 8. The van der Waals surface area contributed by atoms with Crippen LogP contribution in [-0.4, -0.2) is 75.2 Å². The zero-order valence-electron chi connectivity index (χ0n) is 17.9. The molecule has 2 aromatic carbocycles. The van der Waals surface area contributed by atoms with Crippen molar-refractivity contribution in [2.45, 2.75) is 37.6 Å². The van der Waals surface area contributed by atoms with Crippen LogP contribution < -0.4 is 9.47 Å². The summed E-state index contributed by atoms with van der Waals surface area (Å²) in [5, 5.41) is 41.3. The zero-order chi connectivity index (χ0) is 23.9. The van der Waals surface area contributed by atoms with Crippen molar-refractivity contribution >= 4 is 28.3 Å². The third-order valence-corrected chi connectivity index (χ3v) is 5.92. The van der Waals surface area contributed by atoms with Crippen LogP contribution in [-0.2, 0) is 4.74 Å². The Morgan fingerprint density at radius 1 is 1.15 bits per heavy atom. The highest BCUT2D eigenvalue weighted by molar-refractivity contribution is 6.31. The van der Waals surface area contributed by atoms with Gasteiger partial charge in [0.2, 0.25) is 0 Å². The van der Waals surface area contributed by atoms with Gasteiger partial charge < -0.3 is 39.2 Å². The lowest BCUT2D eigenvalue weighted by Gasteiger charge is -2.39. The van der Waals surface area contributed by atoms with Gasteiger partial charge in [-0.05, 0) is 37.3 Å². The van der Waals surface area contributed by atoms with Crippen molar-refractivity contribution in [2.75, 3.05) is 13.7 Å². The summed E-state index contributed by atoms with van der Waals surface area (Å²) in [6.45, 7) is 0.871. The lowest BCUT2D eigenvalue weighted by Crippen LogP contribution is -2.60. The predicted molar refractivity (Wildman–Crippen MR) is 119 cm³/mol. The minimum absolute atomic E-state index is 0.163. The van der Waals surface area contributed by atoms with Crippen molar-refractivity contribution in [1.82, 2.24) is 4.57 Å². The van der Waals surface area contributed by atoms with Gasteiger partial charge in [0.1, 0.15) is 29.8 Å².